The Morgan fingerprint density at radius 1 is 1.30 bits per heavy atom. The largest absolute Gasteiger partial charge is 0.492 e. The molecule has 104 valence electrons. The lowest BCUT2D eigenvalue weighted by atomic mass is 10.2. The van der Waals surface area contributed by atoms with Crippen LogP contribution in [0.2, 0.25) is 0 Å². The molecular formula is C14H14FN3O2. The Kier molecular flexibility index (Phi) is 4.49. The third kappa shape index (κ3) is 3.44. The number of halogens is 1. The number of carbonyl (C=O) groups excluding carboxylic acids is 1. The molecule has 0 aliphatic heterocycles. The van der Waals surface area contributed by atoms with Crippen LogP contribution < -0.4 is 15.8 Å². The van der Waals surface area contributed by atoms with Gasteiger partial charge in [0.25, 0.3) is 5.91 Å². The zero-order chi connectivity index (χ0) is 14.4. The fourth-order valence-corrected chi connectivity index (χ4v) is 1.58. The summed E-state index contributed by atoms with van der Waals surface area (Å²) in [5.41, 5.74) is 5.17. The highest BCUT2D eigenvalue weighted by Crippen LogP contribution is 2.11. The van der Waals surface area contributed by atoms with Gasteiger partial charge >= 0.3 is 0 Å². The molecule has 0 fully saturated rings. The lowest BCUT2D eigenvalue weighted by molar-refractivity contribution is 0.0943. The molecule has 3 N–H and O–H groups in total. The van der Waals surface area contributed by atoms with Crippen molar-refractivity contribution in [3.05, 3.63) is 54.0 Å². The van der Waals surface area contributed by atoms with Gasteiger partial charge in [-0.2, -0.15) is 0 Å². The lowest BCUT2D eigenvalue weighted by Crippen LogP contribution is -2.29. The molecule has 5 nitrogen and oxygen atoms in total. The Labute approximate surface area is 115 Å². The van der Waals surface area contributed by atoms with E-state index in [0.29, 0.717) is 5.75 Å². The number of ether oxygens (including phenoxy) is 1. The second-order valence-corrected chi connectivity index (χ2v) is 3.98. The number of aromatic nitrogens is 1. The van der Waals surface area contributed by atoms with Crippen molar-refractivity contribution in [2.45, 2.75) is 0 Å². The summed E-state index contributed by atoms with van der Waals surface area (Å²) in [4.78, 5) is 15.3. The molecule has 2 aromatic rings. The maximum absolute atomic E-state index is 13.5. The summed E-state index contributed by atoms with van der Waals surface area (Å²) in [6.45, 7) is 0.549. The number of nitrogens with two attached hydrogens (primary N) is 1. The Morgan fingerprint density at radius 2 is 2.05 bits per heavy atom. The van der Waals surface area contributed by atoms with Gasteiger partial charge in [-0.15, -0.1) is 0 Å². The van der Waals surface area contributed by atoms with Crippen LogP contribution in [0.1, 0.15) is 10.4 Å². The zero-order valence-electron chi connectivity index (χ0n) is 10.7. The summed E-state index contributed by atoms with van der Waals surface area (Å²) >= 11 is 0. The molecule has 1 aromatic heterocycles. The van der Waals surface area contributed by atoms with Crippen LogP contribution in [0.4, 0.5) is 10.2 Å². The zero-order valence-corrected chi connectivity index (χ0v) is 10.7. The van der Waals surface area contributed by atoms with Crippen molar-refractivity contribution in [3.63, 3.8) is 0 Å². The van der Waals surface area contributed by atoms with Gasteiger partial charge in [-0.1, -0.05) is 18.2 Å². The first-order chi connectivity index (χ1) is 9.68. The average Bonchev–Trinajstić information content (AvgIpc) is 2.47. The number of nitrogens with one attached hydrogen (secondary N) is 1. The summed E-state index contributed by atoms with van der Waals surface area (Å²) in [6, 6.07) is 10.5. The first-order valence-corrected chi connectivity index (χ1v) is 6.04. The van der Waals surface area contributed by atoms with E-state index in [9.17, 15) is 9.18 Å². The van der Waals surface area contributed by atoms with Crippen LogP contribution in [0.3, 0.4) is 0 Å². The van der Waals surface area contributed by atoms with Gasteiger partial charge < -0.3 is 15.8 Å². The number of carbonyl (C=O) groups is 1. The molecule has 0 radical (unpaired) electrons. The summed E-state index contributed by atoms with van der Waals surface area (Å²) in [6.07, 6.45) is 1.29. The minimum absolute atomic E-state index is 0.128. The molecular weight excluding hydrogens is 261 g/mol. The third-order valence-electron chi connectivity index (χ3n) is 2.56. The SMILES string of the molecule is Nc1nccc(C(=O)NCCOc2ccccc2)c1F. The standard InChI is InChI=1S/C14H14FN3O2/c15-12-11(6-7-17-13(12)16)14(19)18-8-9-20-10-4-2-1-3-5-10/h1-7H,8-9H2,(H2,16,17)(H,18,19). The Morgan fingerprint density at radius 3 is 2.80 bits per heavy atom. The fraction of sp³-hybridized carbons (Fsp3) is 0.143. The van der Waals surface area contributed by atoms with Gasteiger partial charge in [-0.25, -0.2) is 9.37 Å². The topological polar surface area (TPSA) is 77.2 Å². The predicted octanol–water partition coefficient (Wildman–Crippen LogP) is 1.61. The normalized spacial score (nSPS) is 10.1. The molecule has 0 unspecified atom stereocenters. The lowest BCUT2D eigenvalue weighted by Gasteiger charge is -2.08. The molecule has 0 atom stereocenters. The van der Waals surface area contributed by atoms with Crippen LogP contribution in [0.25, 0.3) is 0 Å². The van der Waals surface area contributed by atoms with Gasteiger partial charge in [0.05, 0.1) is 12.1 Å². The second kappa shape index (κ2) is 6.51. The van der Waals surface area contributed by atoms with Crippen LogP contribution in [-0.2, 0) is 0 Å². The van der Waals surface area contributed by atoms with Crippen molar-refractivity contribution in [1.29, 1.82) is 0 Å². The smallest absolute Gasteiger partial charge is 0.254 e. The minimum Gasteiger partial charge on any atom is -0.492 e. The number of para-hydroxylation sites is 1. The Bertz CT molecular complexity index is 590. The van der Waals surface area contributed by atoms with Crippen LogP contribution in [0.15, 0.2) is 42.6 Å². The van der Waals surface area contributed by atoms with Crippen molar-refractivity contribution >= 4 is 11.7 Å². The molecule has 20 heavy (non-hydrogen) atoms. The Hall–Kier alpha value is -2.63. The summed E-state index contributed by atoms with van der Waals surface area (Å²) in [5.74, 6) is -0.943. The first-order valence-electron chi connectivity index (χ1n) is 6.04. The number of rotatable bonds is 5. The van der Waals surface area contributed by atoms with Crippen molar-refractivity contribution in [2.24, 2.45) is 0 Å². The quantitative estimate of drug-likeness (QED) is 0.813. The highest BCUT2D eigenvalue weighted by molar-refractivity contribution is 5.95. The summed E-state index contributed by atoms with van der Waals surface area (Å²) in [5, 5.41) is 2.55. The first kappa shape index (κ1) is 13.8. The molecule has 0 saturated carbocycles. The van der Waals surface area contributed by atoms with E-state index in [4.69, 9.17) is 10.5 Å². The van der Waals surface area contributed by atoms with E-state index in [2.05, 4.69) is 10.3 Å². The minimum atomic E-state index is -0.811. The highest BCUT2D eigenvalue weighted by atomic mass is 19.1. The van der Waals surface area contributed by atoms with Crippen molar-refractivity contribution in [2.75, 3.05) is 18.9 Å². The third-order valence-corrected chi connectivity index (χ3v) is 2.56. The van der Waals surface area contributed by atoms with Crippen molar-refractivity contribution in [1.82, 2.24) is 10.3 Å². The number of pyridine rings is 1. The monoisotopic (exact) mass is 275 g/mol. The molecule has 1 aromatic carbocycles. The number of hydrogen-bond donors (Lipinski definition) is 2. The maximum Gasteiger partial charge on any atom is 0.254 e. The highest BCUT2D eigenvalue weighted by Gasteiger charge is 2.13. The molecule has 1 heterocycles. The van der Waals surface area contributed by atoms with Gasteiger partial charge in [-0.3, -0.25) is 4.79 Å². The van der Waals surface area contributed by atoms with Gasteiger partial charge in [0.1, 0.15) is 12.4 Å². The number of hydrogen-bond acceptors (Lipinski definition) is 4. The summed E-state index contributed by atoms with van der Waals surface area (Å²) < 4.78 is 18.9. The van der Waals surface area contributed by atoms with Crippen molar-refractivity contribution in [3.8, 4) is 5.75 Å². The summed E-state index contributed by atoms with van der Waals surface area (Å²) in [7, 11) is 0. The van der Waals surface area contributed by atoms with Crippen LogP contribution in [-0.4, -0.2) is 24.0 Å². The van der Waals surface area contributed by atoms with E-state index in [-0.39, 0.29) is 24.5 Å². The van der Waals surface area contributed by atoms with Gasteiger partial charge in [0.2, 0.25) is 0 Å². The average molecular weight is 275 g/mol. The van der Waals surface area contributed by atoms with E-state index in [1.165, 1.54) is 12.3 Å². The van der Waals surface area contributed by atoms with Crippen molar-refractivity contribution < 1.29 is 13.9 Å². The van der Waals surface area contributed by atoms with Crippen LogP contribution in [0.5, 0.6) is 5.75 Å². The second-order valence-electron chi connectivity index (χ2n) is 3.98. The number of amides is 1. The van der Waals surface area contributed by atoms with E-state index in [0.717, 1.165) is 0 Å². The number of anilines is 1. The molecule has 0 aliphatic carbocycles. The molecule has 0 spiro atoms. The molecule has 1 amide bonds. The molecule has 0 aliphatic rings. The van der Waals surface area contributed by atoms with E-state index in [1.54, 1.807) is 0 Å². The van der Waals surface area contributed by atoms with Gasteiger partial charge in [0.15, 0.2) is 11.6 Å². The van der Waals surface area contributed by atoms with Crippen LogP contribution >= 0.6 is 0 Å². The van der Waals surface area contributed by atoms with E-state index < -0.39 is 11.7 Å². The van der Waals surface area contributed by atoms with Gasteiger partial charge in [-0.05, 0) is 18.2 Å². The van der Waals surface area contributed by atoms with Gasteiger partial charge in [0, 0.05) is 6.20 Å². The molecule has 6 heteroatoms. The number of nitrogen functional groups attached to an aromatic ring is 1. The molecule has 0 saturated heterocycles. The van der Waals surface area contributed by atoms with Crippen LogP contribution in [0, 0.1) is 5.82 Å². The van der Waals surface area contributed by atoms with E-state index in [1.807, 2.05) is 30.3 Å². The molecule has 2 rings (SSSR count). The number of benzene rings is 1. The molecule has 0 bridgehead atoms. The maximum atomic E-state index is 13.5. The fourth-order valence-electron chi connectivity index (χ4n) is 1.58. The van der Waals surface area contributed by atoms with E-state index >= 15 is 0 Å². The predicted molar refractivity (Wildman–Crippen MR) is 72.9 cm³/mol. The Balaban J connectivity index is 1.82. The number of nitrogens with zero attached hydrogens (tertiary/aromatic N) is 1.